The lowest BCUT2D eigenvalue weighted by atomic mass is 9.86. The van der Waals surface area contributed by atoms with Crippen molar-refractivity contribution in [3.8, 4) is 0 Å². The maximum atomic E-state index is 12.6. The lowest BCUT2D eigenvalue weighted by Crippen LogP contribution is -2.36. The Bertz CT molecular complexity index is 647. The van der Waals surface area contributed by atoms with Gasteiger partial charge in [0.1, 0.15) is 0 Å². The monoisotopic (exact) mass is 310 g/mol. The minimum Gasteiger partial charge on any atom is -0.342 e. The van der Waals surface area contributed by atoms with E-state index in [9.17, 15) is 9.59 Å². The molecule has 0 radical (unpaired) electrons. The number of allylic oxidation sites excluding steroid dienone is 2. The van der Waals surface area contributed by atoms with Gasteiger partial charge in [-0.15, -0.1) is 0 Å². The van der Waals surface area contributed by atoms with E-state index in [0.717, 1.165) is 44.6 Å². The van der Waals surface area contributed by atoms with Crippen molar-refractivity contribution in [2.75, 3.05) is 24.5 Å². The van der Waals surface area contributed by atoms with E-state index in [4.69, 9.17) is 0 Å². The van der Waals surface area contributed by atoms with Crippen LogP contribution in [0.25, 0.3) is 0 Å². The molecule has 2 amide bonds. The maximum absolute atomic E-state index is 12.6. The van der Waals surface area contributed by atoms with Crippen molar-refractivity contribution in [2.45, 2.75) is 25.7 Å². The molecule has 0 bridgehead atoms. The molecular weight excluding hydrogens is 288 g/mol. The first kappa shape index (κ1) is 14.5. The molecule has 2 aliphatic heterocycles. The number of hydrogen-bond acceptors (Lipinski definition) is 2. The molecule has 1 aromatic rings. The second-order valence-corrected chi connectivity index (χ2v) is 7.14. The van der Waals surface area contributed by atoms with Gasteiger partial charge in [-0.1, -0.05) is 30.4 Å². The molecule has 1 spiro atoms. The Morgan fingerprint density at radius 3 is 2.57 bits per heavy atom. The van der Waals surface area contributed by atoms with Crippen LogP contribution in [0.3, 0.4) is 0 Å². The number of hydrogen-bond donors (Lipinski definition) is 0. The van der Waals surface area contributed by atoms with Gasteiger partial charge in [-0.3, -0.25) is 9.59 Å². The van der Waals surface area contributed by atoms with Gasteiger partial charge < -0.3 is 9.80 Å². The average molecular weight is 310 g/mol. The summed E-state index contributed by atoms with van der Waals surface area (Å²) >= 11 is 0. The third kappa shape index (κ3) is 2.56. The van der Waals surface area contributed by atoms with Gasteiger partial charge in [0.25, 0.3) is 0 Å². The van der Waals surface area contributed by atoms with Crippen molar-refractivity contribution < 1.29 is 9.59 Å². The number of para-hydroxylation sites is 1. The molecule has 1 aliphatic carbocycles. The molecule has 4 heteroatoms. The second kappa shape index (κ2) is 5.52. The van der Waals surface area contributed by atoms with Crippen LogP contribution >= 0.6 is 0 Å². The molecule has 0 unspecified atom stereocenters. The lowest BCUT2D eigenvalue weighted by Gasteiger charge is -2.25. The minimum atomic E-state index is -0.0470. The highest BCUT2D eigenvalue weighted by molar-refractivity contribution is 5.96. The topological polar surface area (TPSA) is 40.6 Å². The number of rotatable bonds is 2. The fraction of sp³-hybridized carbons (Fsp3) is 0.474. The van der Waals surface area contributed by atoms with Crippen LogP contribution in [0.1, 0.15) is 25.7 Å². The van der Waals surface area contributed by atoms with Crippen LogP contribution in [0.4, 0.5) is 5.69 Å². The molecule has 120 valence electrons. The quantitative estimate of drug-likeness (QED) is 0.788. The third-order valence-electron chi connectivity index (χ3n) is 5.50. The van der Waals surface area contributed by atoms with Crippen molar-refractivity contribution in [3.05, 3.63) is 42.5 Å². The number of amides is 2. The van der Waals surface area contributed by atoms with Crippen molar-refractivity contribution in [1.29, 1.82) is 0 Å². The van der Waals surface area contributed by atoms with Crippen molar-refractivity contribution >= 4 is 17.5 Å². The van der Waals surface area contributed by atoms with Crippen molar-refractivity contribution in [2.24, 2.45) is 11.3 Å². The number of benzene rings is 1. The van der Waals surface area contributed by atoms with Crippen LogP contribution in [0, 0.1) is 11.3 Å². The second-order valence-electron chi connectivity index (χ2n) is 7.14. The first-order valence-corrected chi connectivity index (χ1v) is 8.46. The molecule has 4 nitrogen and oxygen atoms in total. The molecule has 2 saturated heterocycles. The van der Waals surface area contributed by atoms with Crippen LogP contribution in [0.5, 0.6) is 0 Å². The van der Waals surface area contributed by atoms with Crippen LogP contribution in [0.2, 0.25) is 0 Å². The molecule has 4 rings (SSSR count). The molecule has 0 saturated carbocycles. The van der Waals surface area contributed by atoms with Crippen LogP contribution in [0.15, 0.2) is 42.5 Å². The average Bonchev–Trinajstić information content (AvgIpc) is 3.29. The number of carbonyl (C=O) groups is 2. The maximum Gasteiger partial charge on any atom is 0.227 e. The zero-order valence-corrected chi connectivity index (χ0v) is 13.3. The predicted octanol–water partition coefficient (Wildman–Crippen LogP) is 2.61. The summed E-state index contributed by atoms with van der Waals surface area (Å²) in [4.78, 5) is 29.0. The van der Waals surface area contributed by atoms with Gasteiger partial charge in [0.15, 0.2) is 0 Å². The Morgan fingerprint density at radius 1 is 1.09 bits per heavy atom. The van der Waals surface area contributed by atoms with E-state index >= 15 is 0 Å². The van der Waals surface area contributed by atoms with Crippen LogP contribution < -0.4 is 4.90 Å². The summed E-state index contributed by atoms with van der Waals surface area (Å²) in [5.74, 6) is 0.595. The van der Waals surface area contributed by atoms with E-state index in [0.29, 0.717) is 6.42 Å². The minimum absolute atomic E-state index is 0.0470. The fourth-order valence-corrected chi connectivity index (χ4v) is 4.21. The number of anilines is 1. The molecule has 0 aromatic heterocycles. The SMILES string of the molecule is O=C(C1CC=CC1)N1CC[C@]2(CC(=O)N(c3ccccc3)C2)C1. The highest BCUT2D eigenvalue weighted by Gasteiger charge is 2.49. The zero-order valence-electron chi connectivity index (χ0n) is 13.3. The van der Waals surface area contributed by atoms with Crippen LogP contribution in [-0.4, -0.2) is 36.3 Å². The summed E-state index contributed by atoms with van der Waals surface area (Å²) < 4.78 is 0. The van der Waals surface area contributed by atoms with Gasteiger partial charge in [-0.05, 0) is 31.4 Å². The van der Waals surface area contributed by atoms with E-state index in [1.54, 1.807) is 0 Å². The summed E-state index contributed by atoms with van der Waals surface area (Å²) in [5.41, 5.74) is 0.924. The Morgan fingerprint density at radius 2 is 1.83 bits per heavy atom. The largest absolute Gasteiger partial charge is 0.342 e. The predicted molar refractivity (Wildman–Crippen MR) is 88.9 cm³/mol. The summed E-state index contributed by atoms with van der Waals surface area (Å²) in [7, 11) is 0. The molecule has 2 fully saturated rings. The van der Waals surface area contributed by atoms with Crippen molar-refractivity contribution in [1.82, 2.24) is 4.90 Å². The molecule has 23 heavy (non-hydrogen) atoms. The van der Waals surface area contributed by atoms with E-state index in [2.05, 4.69) is 12.2 Å². The van der Waals surface area contributed by atoms with E-state index in [1.807, 2.05) is 40.1 Å². The molecule has 2 heterocycles. The molecule has 0 N–H and O–H groups in total. The first-order valence-electron chi connectivity index (χ1n) is 8.46. The Kier molecular flexibility index (Phi) is 3.47. The Hall–Kier alpha value is -2.10. The molecular formula is C19H22N2O2. The van der Waals surface area contributed by atoms with Gasteiger partial charge in [-0.2, -0.15) is 0 Å². The number of nitrogens with zero attached hydrogens (tertiary/aromatic N) is 2. The smallest absolute Gasteiger partial charge is 0.227 e. The highest BCUT2D eigenvalue weighted by Crippen LogP contribution is 2.42. The summed E-state index contributed by atoms with van der Waals surface area (Å²) in [5, 5.41) is 0. The van der Waals surface area contributed by atoms with Crippen molar-refractivity contribution in [3.63, 3.8) is 0 Å². The number of likely N-dealkylation sites (tertiary alicyclic amines) is 1. The van der Waals surface area contributed by atoms with E-state index in [1.165, 1.54) is 0 Å². The van der Waals surface area contributed by atoms with Gasteiger partial charge in [-0.25, -0.2) is 0 Å². The standard InChI is InChI=1S/C19H22N2O2/c22-17-12-19(14-21(17)16-8-2-1-3-9-16)10-11-20(13-19)18(23)15-6-4-5-7-15/h1-5,8-9,15H,6-7,10-14H2/t19-/m0/s1. The molecule has 1 aromatic carbocycles. The normalized spacial score (nSPS) is 27.6. The lowest BCUT2D eigenvalue weighted by molar-refractivity contribution is -0.134. The fourth-order valence-electron chi connectivity index (χ4n) is 4.21. The van der Waals surface area contributed by atoms with Crippen LogP contribution in [-0.2, 0) is 9.59 Å². The molecule has 1 atom stereocenters. The van der Waals surface area contributed by atoms with Gasteiger partial charge >= 0.3 is 0 Å². The Labute approximate surface area is 136 Å². The third-order valence-corrected chi connectivity index (χ3v) is 5.50. The number of carbonyl (C=O) groups excluding carboxylic acids is 2. The van der Waals surface area contributed by atoms with E-state index in [-0.39, 0.29) is 23.1 Å². The van der Waals surface area contributed by atoms with E-state index < -0.39 is 0 Å². The van der Waals surface area contributed by atoms with Gasteiger partial charge in [0.2, 0.25) is 11.8 Å². The highest BCUT2D eigenvalue weighted by atomic mass is 16.2. The summed E-state index contributed by atoms with van der Waals surface area (Å²) in [6.07, 6.45) is 7.45. The van der Waals surface area contributed by atoms with Gasteiger partial charge in [0, 0.05) is 43.1 Å². The van der Waals surface area contributed by atoms with Gasteiger partial charge in [0.05, 0.1) is 0 Å². The first-order chi connectivity index (χ1) is 11.2. The zero-order chi connectivity index (χ0) is 15.9. The summed E-state index contributed by atoms with van der Waals surface area (Å²) in [6.45, 7) is 2.27. The summed E-state index contributed by atoms with van der Waals surface area (Å²) in [6, 6.07) is 9.86. The Balaban J connectivity index is 1.46. The molecule has 3 aliphatic rings.